The minimum absolute atomic E-state index is 0.178. The molecule has 1 aromatic carbocycles. The smallest absolute Gasteiger partial charge is 0.123 e. The fraction of sp³-hybridized carbons (Fsp3) is 0.385. The van der Waals surface area contributed by atoms with E-state index in [1.807, 2.05) is 23.9 Å². The molecule has 0 unspecified atom stereocenters. The van der Waals surface area contributed by atoms with E-state index in [0.717, 1.165) is 37.2 Å². The summed E-state index contributed by atoms with van der Waals surface area (Å²) >= 11 is 0. The molecule has 1 heterocycles. The maximum atomic E-state index is 12.9. The third-order valence-electron chi connectivity index (χ3n) is 2.83. The van der Waals surface area contributed by atoms with E-state index in [-0.39, 0.29) is 5.82 Å². The Bertz CT molecular complexity index is 482. The van der Waals surface area contributed by atoms with Crippen LogP contribution in [-0.2, 0) is 13.1 Å². The molecule has 1 aromatic heterocycles. The number of aryl methyl sites for hydroxylation is 2. The molecule has 0 saturated carbocycles. The first-order valence-electron chi connectivity index (χ1n) is 6.05. The van der Waals surface area contributed by atoms with Gasteiger partial charge in [0, 0.05) is 19.3 Å². The van der Waals surface area contributed by atoms with Gasteiger partial charge in [0.25, 0.3) is 0 Å². The number of halogens is 1. The molecule has 0 aliphatic rings. The number of hydrogen-bond acceptors (Lipinski definition) is 3. The summed E-state index contributed by atoms with van der Waals surface area (Å²) < 4.78 is 14.7. The number of nitrogens with zero attached hydrogens (tertiary/aromatic N) is 3. The summed E-state index contributed by atoms with van der Waals surface area (Å²) in [6.07, 6.45) is 4.52. The van der Waals surface area contributed by atoms with Gasteiger partial charge in [0.2, 0.25) is 0 Å². The molecule has 0 spiro atoms. The van der Waals surface area contributed by atoms with Crippen LogP contribution < -0.4 is 5.32 Å². The highest BCUT2D eigenvalue weighted by Crippen LogP contribution is 2.09. The number of rotatable bonds is 6. The van der Waals surface area contributed by atoms with Crippen LogP contribution in [0.3, 0.4) is 0 Å². The van der Waals surface area contributed by atoms with Crippen molar-refractivity contribution in [1.82, 2.24) is 20.3 Å². The summed E-state index contributed by atoms with van der Waals surface area (Å²) in [6, 6.07) is 4.89. The molecule has 0 amide bonds. The van der Waals surface area contributed by atoms with Gasteiger partial charge in [0.1, 0.15) is 5.82 Å². The highest BCUT2D eigenvalue weighted by molar-refractivity contribution is 5.26. The van der Waals surface area contributed by atoms with E-state index >= 15 is 0 Å². The molecule has 0 radical (unpaired) electrons. The Labute approximate surface area is 106 Å². The highest BCUT2D eigenvalue weighted by atomic mass is 19.1. The lowest BCUT2D eigenvalue weighted by Gasteiger charge is -2.07. The van der Waals surface area contributed by atoms with E-state index in [1.54, 1.807) is 12.3 Å². The minimum atomic E-state index is -0.178. The van der Waals surface area contributed by atoms with Gasteiger partial charge in [0.15, 0.2) is 0 Å². The second-order valence-corrected chi connectivity index (χ2v) is 4.27. The van der Waals surface area contributed by atoms with E-state index in [0.29, 0.717) is 0 Å². The van der Waals surface area contributed by atoms with Crippen molar-refractivity contribution in [1.29, 1.82) is 0 Å². The summed E-state index contributed by atoms with van der Waals surface area (Å²) in [5.74, 6) is -0.178. The zero-order valence-electron chi connectivity index (χ0n) is 10.4. The molecule has 0 aliphatic heterocycles. The summed E-state index contributed by atoms with van der Waals surface area (Å²) in [5.41, 5.74) is 2.12. The van der Waals surface area contributed by atoms with Gasteiger partial charge in [-0.25, -0.2) is 4.39 Å². The molecule has 1 N–H and O–H groups in total. The molecule has 4 nitrogen and oxygen atoms in total. The molecular weight excluding hydrogens is 231 g/mol. The van der Waals surface area contributed by atoms with E-state index in [2.05, 4.69) is 15.6 Å². The van der Waals surface area contributed by atoms with Crippen LogP contribution >= 0.6 is 0 Å². The van der Waals surface area contributed by atoms with Crippen LogP contribution in [0.25, 0.3) is 0 Å². The van der Waals surface area contributed by atoms with Crippen molar-refractivity contribution < 1.29 is 4.39 Å². The first-order valence-corrected chi connectivity index (χ1v) is 6.05. The Morgan fingerprint density at radius 2 is 2.28 bits per heavy atom. The van der Waals surface area contributed by atoms with Crippen LogP contribution in [0, 0.1) is 12.7 Å². The predicted molar refractivity (Wildman–Crippen MR) is 67.5 cm³/mol. The monoisotopic (exact) mass is 248 g/mol. The van der Waals surface area contributed by atoms with Gasteiger partial charge in [0.05, 0.1) is 6.20 Å². The van der Waals surface area contributed by atoms with Gasteiger partial charge in [-0.05, 0) is 43.1 Å². The molecule has 0 bridgehead atoms. The zero-order valence-corrected chi connectivity index (χ0v) is 10.4. The van der Waals surface area contributed by atoms with Crippen LogP contribution in [0.4, 0.5) is 4.39 Å². The summed E-state index contributed by atoms with van der Waals surface area (Å²) in [6.45, 7) is 4.45. The molecular formula is C13H17FN4. The second-order valence-electron chi connectivity index (χ2n) is 4.27. The summed E-state index contributed by atoms with van der Waals surface area (Å²) in [7, 11) is 0. The molecule has 5 heteroatoms. The third kappa shape index (κ3) is 3.63. The van der Waals surface area contributed by atoms with Gasteiger partial charge in [-0.2, -0.15) is 0 Å². The fourth-order valence-electron chi connectivity index (χ4n) is 1.80. The molecule has 0 fully saturated rings. The highest BCUT2D eigenvalue weighted by Gasteiger charge is 1.99. The quantitative estimate of drug-likeness (QED) is 0.794. The van der Waals surface area contributed by atoms with Crippen molar-refractivity contribution in [3.63, 3.8) is 0 Å². The van der Waals surface area contributed by atoms with Crippen LogP contribution in [-0.4, -0.2) is 21.5 Å². The molecule has 96 valence electrons. The van der Waals surface area contributed by atoms with Crippen LogP contribution in [0.5, 0.6) is 0 Å². The fourth-order valence-corrected chi connectivity index (χ4v) is 1.80. The molecule has 0 saturated heterocycles. The van der Waals surface area contributed by atoms with E-state index in [4.69, 9.17) is 0 Å². The maximum Gasteiger partial charge on any atom is 0.123 e. The lowest BCUT2D eigenvalue weighted by atomic mass is 10.1. The van der Waals surface area contributed by atoms with E-state index < -0.39 is 0 Å². The molecule has 2 aromatic rings. The van der Waals surface area contributed by atoms with Crippen molar-refractivity contribution in [2.45, 2.75) is 26.4 Å². The van der Waals surface area contributed by atoms with Crippen molar-refractivity contribution in [3.8, 4) is 0 Å². The first kappa shape index (κ1) is 12.7. The maximum absolute atomic E-state index is 12.9. The van der Waals surface area contributed by atoms with E-state index in [9.17, 15) is 4.39 Å². The number of benzene rings is 1. The average molecular weight is 248 g/mol. The number of nitrogens with one attached hydrogen (secondary N) is 1. The SMILES string of the molecule is Cc1cc(F)ccc1CNCCCn1ccnn1. The summed E-state index contributed by atoms with van der Waals surface area (Å²) in [4.78, 5) is 0. The lowest BCUT2D eigenvalue weighted by Crippen LogP contribution is -2.17. The molecule has 0 aliphatic carbocycles. The number of hydrogen-bond donors (Lipinski definition) is 1. The van der Waals surface area contributed by atoms with Gasteiger partial charge in [-0.15, -0.1) is 5.10 Å². The van der Waals surface area contributed by atoms with Crippen LogP contribution in [0.2, 0.25) is 0 Å². The van der Waals surface area contributed by atoms with Gasteiger partial charge in [-0.1, -0.05) is 11.3 Å². The number of aromatic nitrogens is 3. The zero-order chi connectivity index (χ0) is 12.8. The van der Waals surface area contributed by atoms with Crippen molar-refractivity contribution in [2.24, 2.45) is 0 Å². The second kappa shape index (κ2) is 6.26. The predicted octanol–water partition coefficient (Wildman–Crippen LogP) is 1.91. The van der Waals surface area contributed by atoms with Gasteiger partial charge < -0.3 is 5.32 Å². The Hall–Kier alpha value is -1.75. The van der Waals surface area contributed by atoms with Crippen LogP contribution in [0.15, 0.2) is 30.6 Å². The largest absolute Gasteiger partial charge is 0.313 e. The Morgan fingerprint density at radius 3 is 3.00 bits per heavy atom. The Kier molecular flexibility index (Phi) is 4.41. The van der Waals surface area contributed by atoms with Crippen LogP contribution in [0.1, 0.15) is 17.5 Å². The normalized spacial score (nSPS) is 10.8. The summed E-state index contributed by atoms with van der Waals surface area (Å²) in [5, 5.41) is 11.0. The lowest BCUT2D eigenvalue weighted by molar-refractivity contribution is 0.529. The Morgan fingerprint density at radius 1 is 1.39 bits per heavy atom. The topological polar surface area (TPSA) is 42.7 Å². The van der Waals surface area contributed by atoms with Gasteiger partial charge in [-0.3, -0.25) is 4.68 Å². The standard InChI is InChI=1S/C13H17FN4/c1-11-9-13(14)4-3-12(11)10-15-5-2-7-18-8-6-16-17-18/h3-4,6,8-9,15H,2,5,7,10H2,1H3. The van der Waals surface area contributed by atoms with E-state index in [1.165, 1.54) is 6.07 Å². The third-order valence-corrected chi connectivity index (χ3v) is 2.83. The minimum Gasteiger partial charge on any atom is -0.313 e. The molecule has 0 atom stereocenters. The average Bonchev–Trinajstić information content (AvgIpc) is 2.84. The van der Waals surface area contributed by atoms with Gasteiger partial charge >= 0.3 is 0 Å². The van der Waals surface area contributed by atoms with Crippen molar-refractivity contribution in [3.05, 3.63) is 47.5 Å². The Balaban J connectivity index is 1.69. The van der Waals surface area contributed by atoms with Crippen molar-refractivity contribution in [2.75, 3.05) is 6.54 Å². The molecule has 2 rings (SSSR count). The molecule has 18 heavy (non-hydrogen) atoms. The van der Waals surface area contributed by atoms with Crippen molar-refractivity contribution >= 4 is 0 Å². The first-order chi connectivity index (χ1) is 8.75.